The van der Waals surface area contributed by atoms with Gasteiger partial charge in [0, 0.05) is 0 Å². The van der Waals surface area contributed by atoms with Gasteiger partial charge in [-0.1, -0.05) is 0 Å². The van der Waals surface area contributed by atoms with Gasteiger partial charge in [0.2, 0.25) is 0 Å². The molecule has 0 atom stereocenters. The molecule has 0 aromatic rings. The average Bonchev–Trinajstić information content (AvgIpc) is 1.31. The Balaban J connectivity index is -0.000000180. The highest BCUT2D eigenvalue weighted by Gasteiger charge is 2.07. The van der Waals surface area contributed by atoms with Crippen LogP contribution in [0.2, 0.25) is 0 Å². The Labute approximate surface area is 72.1 Å². The molecule has 0 spiro atoms. The second kappa shape index (κ2) is 5.86. The van der Waals surface area contributed by atoms with Gasteiger partial charge in [0.25, 0.3) is 6.64 Å². The first-order valence-corrected chi connectivity index (χ1v) is 4.34. The normalized spacial score (nSPS) is 9.89. The summed E-state index contributed by atoms with van der Waals surface area (Å²) < 4.78 is 1.22. The number of hydrogen-bond acceptors (Lipinski definition) is 1. The maximum absolute atomic E-state index is 8.50. The summed E-state index contributed by atoms with van der Waals surface area (Å²) in [6.07, 6.45) is 0. The highest BCUT2D eigenvalue weighted by atomic mass is 35.5. The predicted molar refractivity (Wildman–Crippen MR) is 46.9 cm³/mol. The Kier molecular flexibility index (Phi) is 10.8. The van der Waals surface area contributed by atoms with E-state index in [0.29, 0.717) is 0 Å². The quantitative estimate of drug-likeness (QED) is 0.627. The van der Waals surface area contributed by atoms with Crippen LogP contribution in [0.3, 0.4) is 0 Å². The molecule has 0 fully saturated rings. The molecule has 0 heterocycles. The van der Waals surface area contributed by atoms with Crippen LogP contribution in [0.1, 0.15) is 0 Å². The van der Waals surface area contributed by atoms with Gasteiger partial charge >= 0.3 is 0 Å². The minimum atomic E-state index is -3.07. The topological polar surface area (TPSA) is 43.7 Å². The van der Waals surface area contributed by atoms with Gasteiger partial charge in [-0.25, -0.2) is 4.67 Å². The van der Waals surface area contributed by atoms with E-state index < -0.39 is 6.64 Å². The molecule has 0 aromatic heterocycles. The zero-order chi connectivity index (χ0) is 6.08. The SMILES string of the molecule is CN(C)P(O)(O)=S.Cl.Cl. The monoisotopic (exact) mass is 213 g/mol. The van der Waals surface area contributed by atoms with Crippen molar-refractivity contribution in [3.63, 3.8) is 0 Å². The van der Waals surface area contributed by atoms with Crippen molar-refractivity contribution in [3.8, 4) is 0 Å². The molecule has 0 rings (SSSR count). The first-order chi connectivity index (χ1) is 2.94. The summed E-state index contributed by atoms with van der Waals surface area (Å²) in [6, 6.07) is 0. The molecule has 0 saturated carbocycles. The van der Waals surface area contributed by atoms with Crippen molar-refractivity contribution in [1.29, 1.82) is 0 Å². The summed E-state index contributed by atoms with van der Waals surface area (Å²) in [5.74, 6) is 0. The Hall–Kier alpha value is 1.11. The van der Waals surface area contributed by atoms with Crippen molar-refractivity contribution in [3.05, 3.63) is 0 Å². The van der Waals surface area contributed by atoms with Crippen molar-refractivity contribution in [2.75, 3.05) is 14.1 Å². The summed E-state index contributed by atoms with van der Waals surface area (Å²) in [5.41, 5.74) is 0. The van der Waals surface area contributed by atoms with Crippen molar-refractivity contribution < 1.29 is 9.79 Å². The molecule has 3 nitrogen and oxygen atoms in total. The Morgan fingerprint density at radius 1 is 1.22 bits per heavy atom. The summed E-state index contributed by atoms with van der Waals surface area (Å²) >= 11 is 4.26. The van der Waals surface area contributed by atoms with Crippen molar-refractivity contribution in [2.24, 2.45) is 0 Å². The van der Waals surface area contributed by atoms with E-state index in [4.69, 9.17) is 9.79 Å². The van der Waals surface area contributed by atoms with Gasteiger partial charge in [-0.3, -0.25) is 0 Å². The molecule has 9 heavy (non-hydrogen) atoms. The smallest absolute Gasteiger partial charge is 0.258 e. The van der Waals surface area contributed by atoms with E-state index in [1.165, 1.54) is 18.8 Å². The van der Waals surface area contributed by atoms with Gasteiger partial charge in [-0.2, -0.15) is 0 Å². The van der Waals surface area contributed by atoms with Crippen LogP contribution in [0.4, 0.5) is 0 Å². The second-order valence-electron chi connectivity index (χ2n) is 1.36. The van der Waals surface area contributed by atoms with Crippen LogP contribution in [-0.4, -0.2) is 28.6 Å². The Bertz CT molecular complexity index is 105. The van der Waals surface area contributed by atoms with Gasteiger partial charge in [0.1, 0.15) is 0 Å². The number of rotatable bonds is 1. The Morgan fingerprint density at radius 2 is 1.33 bits per heavy atom. The van der Waals surface area contributed by atoms with E-state index in [1.54, 1.807) is 0 Å². The average molecular weight is 214 g/mol. The standard InChI is InChI=1S/C2H8NO2PS.2ClH/c1-3(2)6(4,5)7;;/h1-2H3,(H2,4,5,7);2*1H. The lowest BCUT2D eigenvalue weighted by atomic mass is 11.3. The van der Waals surface area contributed by atoms with Crippen LogP contribution in [0.15, 0.2) is 0 Å². The van der Waals surface area contributed by atoms with Gasteiger partial charge < -0.3 is 9.79 Å². The lowest BCUT2D eigenvalue weighted by Crippen LogP contribution is -2.05. The van der Waals surface area contributed by atoms with E-state index in [1.807, 2.05) is 0 Å². The van der Waals surface area contributed by atoms with Crippen LogP contribution >= 0.6 is 31.5 Å². The highest BCUT2D eigenvalue weighted by molar-refractivity contribution is 8.07. The number of hydrogen-bond donors (Lipinski definition) is 2. The molecule has 0 aliphatic heterocycles. The zero-order valence-electron chi connectivity index (χ0n) is 5.01. The summed E-state index contributed by atoms with van der Waals surface area (Å²) in [4.78, 5) is 17.0. The second-order valence-corrected chi connectivity index (χ2v) is 4.66. The predicted octanol–water partition coefficient (Wildman–Crippen LogP) is 0.601. The van der Waals surface area contributed by atoms with Gasteiger partial charge in [-0.05, 0) is 25.9 Å². The third-order valence-electron chi connectivity index (χ3n) is 0.521. The van der Waals surface area contributed by atoms with E-state index in [0.717, 1.165) is 0 Å². The maximum Gasteiger partial charge on any atom is 0.258 e. The third kappa shape index (κ3) is 9.11. The molecule has 0 aliphatic carbocycles. The van der Waals surface area contributed by atoms with Crippen LogP contribution in [0.25, 0.3) is 0 Å². The van der Waals surface area contributed by atoms with E-state index in [9.17, 15) is 0 Å². The number of halogens is 2. The fraction of sp³-hybridized carbons (Fsp3) is 1.00. The minimum Gasteiger partial charge on any atom is -0.334 e. The minimum absolute atomic E-state index is 0. The molecule has 0 unspecified atom stereocenters. The van der Waals surface area contributed by atoms with Crippen molar-refractivity contribution >= 4 is 43.3 Å². The maximum atomic E-state index is 8.50. The van der Waals surface area contributed by atoms with E-state index >= 15 is 0 Å². The molecule has 2 N–H and O–H groups in total. The lowest BCUT2D eigenvalue weighted by molar-refractivity contribution is 0.403. The molecular formula is C2H10Cl2NO2PS. The fourth-order valence-electron chi connectivity index (χ4n) is 0. The molecule has 0 aliphatic rings. The molecular weight excluding hydrogens is 204 g/mol. The first kappa shape index (κ1) is 16.6. The van der Waals surface area contributed by atoms with Crippen LogP contribution in [-0.2, 0) is 11.8 Å². The number of nitrogens with zero attached hydrogens (tertiary/aromatic N) is 1. The van der Waals surface area contributed by atoms with Crippen molar-refractivity contribution in [2.45, 2.75) is 0 Å². The van der Waals surface area contributed by atoms with Crippen LogP contribution in [0, 0.1) is 0 Å². The molecule has 0 amide bonds. The largest absolute Gasteiger partial charge is 0.334 e. The molecule has 60 valence electrons. The third-order valence-corrected chi connectivity index (χ3v) is 2.54. The van der Waals surface area contributed by atoms with Crippen LogP contribution < -0.4 is 0 Å². The highest BCUT2D eigenvalue weighted by Crippen LogP contribution is 2.36. The molecule has 0 bridgehead atoms. The summed E-state index contributed by atoms with van der Waals surface area (Å²) in [7, 11) is 3.06. The molecule has 0 radical (unpaired) electrons. The fourth-order valence-corrected chi connectivity index (χ4v) is 0. The van der Waals surface area contributed by atoms with Crippen molar-refractivity contribution in [1.82, 2.24) is 4.67 Å². The summed E-state index contributed by atoms with van der Waals surface area (Å²) in [5, 5.41) is 0. The Morgan fingerprint density at radius 3 is 1.33 bits per heavy atom. The molecule has 7 heteroatoms. The van der Waals surface area contributed by atoms with E-state index in [2.05, 4.69) is 11.8 Å². The lowest BCUT2D eigenvalue weighted by Gasteiger charge is -2.13. The van der Waals surface area contributed by atoms with Gasteiger partial charge in [0.05, 0.1) is 0 Å². The van der Waals surface area contributed by atoms with Crippen LogP contribution in [0.5, 0.6) is 0 Å². The van der Waals surface area contributed by atoms with Gasteiger partial charge in [0.15, 0.2) is 0 Å². The first-order valence-electron chi connectivity index (χ1n) is 1.68. The van der Waals surface area contributed by atoms with E-state index in [-0.39, 0.29) is 24.8 Å². The summed E-state index contributed by atoms with van der Waals surface area (Å²) in [6.45, 7) is -3.07. The molecule has 0 saturated heterocycles. The zero-order valence-corrected chi connectivity index (χ0v) is 8.36. The molecule has 0 aromatic carbocycles. The van der Waals surface area contributed by atoms with Gasteiger partial charge in [-0.15, -0.1) is 24.8 Å².